The Balaban J connectivity index is 2.11. The van der Waals surface area contributed by atoms with Crippen molar-refractivity contribution in [2.75, 3.05) is 17.8 Å². The Morgan fingerprint density at radius 2 is 1.90 bits per heavy atom. The fourth-order valence-corrected chi connectivity index (χ4v) is 4.39. The van der Waals surface area contributed by atoms with Crippen molar-refractivity contribution in [2.45, 2.75) is 24.5 Å². The summed E-state index contributed by atoms with van der Waals surface area (Å²) in [6.45, 7) is 5.72. The fraction of sp³-hybridized carbons (Fsp3) is 0.333. The molecule has 4 nitrogen and oxygen atoms in total. The van der Waals surface area contributed by atoms with Gasteiger partial charge in [0, 0.05) is 4.88 Å². The molecule has 0 fully saturated rings. The average molecular weight is 324 g/mol. The minimum Gasteiger partial charge on any atom is -0.317 e. The monoisotopic (exact) mass is 324 g/mol. The number of anilines is 1. The first kappa shape index (κ1) is 16.0. The van der Waals surface area contributed by atoms with Crippen LogP contribution < -0.4 is 10.0 Å². The van der Waals surface area contributed by atoms with Crippen molar-refractivity contribution < 1.29 is 8.42 Å². The molecule has 21 heavy (non-hydrogen) atoms. The topological polar surface area (TPSA) is 58.2 Å². The van der Waals surface area contributed by atoms with Gasteiger partial charge in [-0.25, -0.2) is 8.42 Å². The zero-order chi connectivity index (χ0) is 15.3. The predicted molar refractivity (Wildman–Crippen MR) is 88.6 cm³/mol. The van der Waals surface area contributed by atoms with Crippen LogP contribution in [-0.4, -0.2) is 21.5 Å². The van der Waals surface area contributed by atoms with E-state index < -0.39 is 10.0 Å². The third kappa shape index (κ3) is 4.30. The molecule has 2 N–H and O–H groups in total. The van der Waals surface area contributed by atoms with Gasteiger partial charge in [-0.2, -0.15) is 0 Å². The molecular formula is C15H20N2O2S2. The molecule has 0 spiro atoms. The van der Waals surface area contributed by atoms with Crippen LogP contribution in [0.2, 0.25) is 0 Å². The average Bonchev–Trinajstić information content (AvgIpc) is 2.91. The largest absolute Gasteiger partial charge is 0.317 e. The van der Waals surface area contributed by atoms with Gasteiger partial charge in [0.2, 0.25) is 0 Å². The molecule has 6 heteroatoms. The number of benzene rings is 1. The smallest absolute Gasteiger partial charge is 0.271 e. The maximum Gasteiger partial charge on any atom is 0.271 e. The number of likely N-dealkylation sites (N-methyl/N-ethyl adjacent to an activating group) is 1. The molecule has 1 aromatic carbocycles. The number of aryl methyl sites for hydroxylation is 1. The van der Waals surface area contributed by atoms with Crippen LogP contribution in [0.15, 0.2) is 40.6 Å². The minimum atomic E-state index is -3.50. The maximum atomic E-state index is 12.4. The van der Waals surface area contributed by atoms with Gasteiger partial charge < -0.3 is 5.32 Å². The molecule has 0 saturated heterocycles. The SMILES string of the molecule is CCNCCc1ccc(S(=O)(=O)Nc2ccccc2C)s1. The number of sulfonamides is 1. The lowest BCUT2D eigenvalue weighted by Gasteiger charge is -2.08. The first-order valence-corrected chi connectivity index (χ1v) is 9.21. The first-order chi connectivity index (χ1) is 10.0. The van der Waals surface area contributed by atoms with Crippen molar-refractivity contribution in [1.82, 2.24) is 5.32 Å². The summed E-state index contributed by atoms with van der Waals surface area (Å²) in [6, 6.07) is 10.9. The van der Waals surface area contributed by atoms with Gasteiger partial charge in [-0.05, 0) is 50.2 Å². The van der Waals surface area contributed by atoms with Gasteiger partial charge in [-0.1, -0.05) is 25.1 Å². The number of thiophene rings is 1. The van der Waals surface area contributed by atoms with Crippen molar-refractivity contribution in [3.8, 4) is 0 Å². The summed E-state index contributed by atoms with van der Waals surface area (Å²) >= 11 is 1.32. The molecule has 1 aromatic heterocycles. The lowest BCUT2D eigenvalue weighted by Crippen LogP contribution is -2.15. The molecule has 2 rings (SSSR count). The lowest BCUT2D eigenvalue weighted by molar-refractivity contribution is 0.603. The van der Waals surface area contributed by atoms with E-state index >= 15 is 0 Å². The molecule has 0 atom stereocenters. The van der Waals surface area contributed by atoms with Crippen molar-refractivity contribution >= 4 is 27.0 Å². The summed E-state index contributed by atoms with van der Waals surface area (Å²) in [6.07, 6.45) is 0.846. The second kappa shape index (κ2) is 7.06. The lowest BCUT2D eigenvalue weighted by atomic mass is 10.2. The number of nitrogens with one attached hydrogen (secondary N) is 2. The molecule has 0 radical (unpaired) electrons. The van der Waals surface area contributed by atoms with Crippen molar-refractivity contribution in [2.24, 2.45) is 0 Å². The summed E-state index contributed by atoms with van der Waals surface area (Å²) < 4.78 is 27.8. The normalized spacial score (nSPS) is 11.5. The molecule has 2 aromatic rings. The van der Waals surface area contributed by atoms with Crippen LogP contribution in [0.5, 0.6) is 0 Å². The fourth-order valence-electron chi connectivity index (χ4n) is 1.91. The number of rotatable bonds is 7. The van der Waals surface area contributed by atoms with Crippen LogP contribution in [0.4, 0.5) is 5.69 Å². The van der Waals surface area contributed by atoms with Crippen LogP contribution >= 0.6 is 11.3 Å². The highest BCUT2D eigenvalue weighted by Gasteiger charge is 2.17. The Morgan fingerprint density at radius 1 is 1.14 bits per heavy atom. The number of para-hydroxylation sites is 1. The molecule has 114 valence electrons. The van der Waals surface area contributed by atoms with Crippen LogP contribution in [0, 0.1) is 6.92 Å². The van der Waals surface area contributed by atoms with E-state index in [1.807, 2.05) is 31.2 Å². The van der Waals surface area contributed by atoms with Gasteiger partial charge in [0.1, 0.15) is 4.21 Å². The molecular weight excluding hydrogens is 304 g/mol. The maximum absolute atomic E-state index is 12.4. The molecule has 1 heterocycles. The van der Waals surface area contributed by atoms with Crippen molar-refractivity contribution in [3.63, 3.8) is 0 Å². The summed E-state index contributed by atoms with van der Waals surface area (Å²) in [5.41, 5.74) is 1.53. The van der Waals surface area contributed by atoms with E-state index in [0.29, 0.717) is 9.90 Å². The molecule has 0 aliphatic heterocycles. The molecule has 0 bridgehead atoms. The van der Waals surface area contributed by atoms with E-state index in [1.165, 1.54) is 11.3 Å². The van der Waals surface area contributed by atoms with Gasteiger partial charge in [0.05, 0.1) is 5.69 Å². The van der Waals surface area contributed by atoms with E-state index in [4.69, 9.17) is 0 Å². The predicted octanol–water partition coefficient (Wildman–Crippen LogP) is 3.01. The number of hydrogen-bond acceptors (Lipinski definition) is 4. The van der Waals surface area contributed by atoms with E-state index in [1.54, 1.807) is 12.1 Å². The van der Waals surface area contributed by atoms with Crippen LogP contribution in [0.3, 0.4) is 0 Å². The summed E-state index contributed by atoms with van der Waals surface area (Å²) in [4.78, 5) is 1.07. The van der Waals surface area contributed by atoms with Crippen molar-refractivity contribution in [3.05, 3.63) is 46.8 Å². The van der Waals surface area contributed by atoms with E-state index in [0.717, 1.165) is 30.0 Å². The third-order valence-corrected chi connectivity index (χ3v) is 6.09. The zero-order valence-electron chi connectivity index (χ0n) is 12.2. The van der Waals surface area contributed by atoms with Gasteiger partial charge in [-0.3, -0.25) is 4.72 Å². The second-order valence-corrected chi connectivity index (χ2v) is 7.82. The Kier molecular flexibility index (Phi) is 5.39. The van der Waals surface area contributed by atoms with Gasteiger partial charge in [-0.15, -0.1) is 11.3 Å². The molecule has 0 saturated carbocycles. The molecule has 0 unspecified atom stereocenters. The van der Waals surface area contributed by atoms with Crippen molar-refractivity contribution in [1.29, 1.82) is 0 Å². The standard InChI is InChI=1S/C15H20N2O2S2/c1-3-16-11-10-13-8-9-15(20-13)21(18,19)17-14-7-5-4-6-12(14)2/h4-9,16-17H,3,10-11H2,1-2H3. The Morgan fingerprint density at radius 3 is 2.62 bits per heavy atom. The quantitative estimate of drug-likeness (QED) is 0.770. The Bertz CT molecular complexity index is 693. The van der Waals surface area contributed by atoms with Crippen LogP contribution in [0.1, 0.15) is 17.4 Å². The summed E-state index contributed by atoms with van der Waals surface area (Å²) in [7, 11) is -3.50. The number of hydrogen-bond donors (Lipinski definition) is 2. The molecule has 0 aliphatic carbocycles. The molecule has 0 aliphatic rings. The highest BCUT2D eigenvalue weighted by molar-refractivity contribution is 7.94. The minimum absolute atomic E-state index is 0.359. The third-order valence-electron chi connectivity index (χ3n) is 3.09. The first-order valence-electron chi connectivity index (χ1n) is 6.91. The van der Waals surface area contributed by atoms with Crippen LogP contribution in [-0.2, 0) is 16.4 Å². The Labute approximate surface area is 130 Å². The van der Waals surface area contributed by atoms with E-state index in [9.17, 15) is 8.42 Å². The van der Waals surface area contributed by atoms with Crippen LogP contribution in [0.25, 0.3) is 0 Å². The summed E-state index contributed by atoms with van der Waals surface area (Å²) in [5, 5.41) is 3.23. The van der Waals surface area contributed by atoms with E-state index in [-0.39, 0.29) is 0 Å². The highest BCUT2D eigenvalue weighted by atomic mass is 32.2. The van der Waals surface area contributed by atoms with E-state index in [2.05, 4.69) is 17.0 Å². The Hall–Kier alpha value is -1.37. The van der Waals surface area contributed by atoms with Gasteiger partial charge in [0.15, 0.2) is 0 Å². The zero-order valence-corrected chi connectivity index (χ0v) is 13.9. The molecule has 0 amide bonds. The summed E-state index contributed by atoms with van der Waals surface area (Å²) in [5.74, 6) is 0. The van der Waals surface area contributed by atoms with Gasteiger partial charge in [0.25, 0.3) is 10.0 Å². The second-order valence-electron chi connectivity index (χ2n) is 4.74. The van der Waals surface area contributed by atoms with Gasteiger partial charge >= 0.3 is 0 Å². The highest BCUT2D eigenvalue weighted by Crippen LogP contribution is 2.25.